The lowest BCUT2D eigenvalue weighted by atomic mass is 9.90. The molecular formula is C13H19NO2. The summed E-state index contributed by atoms with van der Waals surface area (Å²) < 4.78 is 11.2. The number of hydrogen-bond acceptors (Lipinski definition) is 3. The molecule has 0 bridgehead atoms. The molecule has 0 radical (unpaired) electrons. The highest BCUT2D eigenvalue weighted by molar-refractivity contribution is 5.31. The van der Waals surface area contributed by atoms with Crippen LogP contribution in [0.3, 0.4) is 0 Å². The third-order valence-electron chi connectivity index (χ3n) is 2.73. The molecule has 16 heavy (non-hydrogen) atoms. The maximum absolute atomic E-state index is 5.74. The minimum atomic E-state index is 0.303. The second-order valence-corrected chi connectivity index (χ2v) is 4.29. The third kappa shape index (κ3) is 2.89. The molecule has 0 amide bonds. The molecule has 1 saturated carbocycles. The molecule has 3 heteroatoms. The highest BCUT2D eigenvalue weighted by atomic mass is 16.5. The van der Waals surface area contributed by atoms with E-state index >= 15 is 0 Å². The zero-order valence-electron chi connectivity index (χ0n) is 9.69. The first-order valence-corrected chi connectivity index (χ1v) is 5.93. The number of rotatable bonds is 5. The predicted octanol–water partition coefficient (Wildman–Crippen LogP) is 2.34. The molecule has 2 N–H and O–H groups in total. The second-order valence-electron chi connectivity index (χ2n) is 4.29. The van der Waals surface area contributed by atoms with Gasteiger partial charge in [-0.3, -0.25) is 0 Å². The Balaban J connectivity index is 1.82. The molecule has 1 aromatic carbocycles. The largest absolute Gasteiger partial charge is 0.494 e. The molecule has 3 nitrogen and oxygen atoms in total. The summed E-state index contributed by atoms with van der Waals surface area (Å²) in [4.78, 5) is 0. The van der Waals surface area contributed by atoms with Crippen molar-refractivity contribution in [3.05, 3.63) is 24.3 Å². The molecule has 2 rings (SSSR count). The van der Waals surface area contributed by atoms with Gasteiger partial charge in [-0.05, 0) is 43.5 Å². The van der Waals surface area contributed by atoms with Crippen molar-refractivity contribution in [3.8, 4) is 11.5 Å². The van der Waals surface area contributed by atoms with Gasteiger partial charge in [0, 0.05) is 6.04 Å². The fraction of sp³-hybridized carbons (Fsp3) is 0.538. The third-order valence-corrected chi connectivity index (χ3v) is 2.73. The summed E-state index contributed by atoms with van der Waals surface area (Å²) in [5, 5.41) is 0. The van der Waals surface area contributed by atoms with Crippen molar-refractivity contribution in [2.75, 3.05) is 6.61 Å². The first kappa shape index (κ1) is 11.3. The first-order chi connectivity index (χ1) is 7.78. The molecule has 0 atom stereocenters. The van der Waals surface area contributed by atoms with E-state index < -0.39 is 0 Å². The Labute approximate surface area is 96.5 Å². The smallest absolute Gasteiger partial charge is 0.119 e. The Kier molecular flexibility index (Phi) is 3.67. The maximum Gasteiger partial charge on any atom is 0.119 e. The van der Waals surface area contributed by atoms with Crippen LogP contribution in [0.5, 0.6) is 11.5 Å². The summed E-state index contributed by atoms with van der Waals surface area (Å²) in [6.45, 7) is 2.86. The van der Waals surface area contributed by atoms with E-state index in [9.17, 15) is 0 Å². The molecule has 1 aromatic rings. The molecular weight excluding hydrogens is 202 g/mol. The Morgan fingerprint density at radius 2 is 1.81 bits per heavy atom. The highest BCUT2D eigenvalue weighted by Gasteiger charge is 2.27. The summed E-state index contributed by atoms with van der Waals surface area (Å²) in [7, 11) is 0. The Hall–Kier alpha value is -1.22. The van der Waals surface area contributed by atoms with Gasteiger partial charge in [0.1, 0.15) is 17.6 Å². The van der Waals surface area contributed by atoms with Crippen molar-refractivity contribution in [2.24, 2.45) is 5.73 Å². The number of benzene rings is 1. The molecule has 0 heterocycles. The SMILES string of the molecule is CCCOc1ccc(OC2CC(N)C2)cc1. The van der Waals surface area contributed by atoms with Gasteiger partial charge in [-0.25, -0.2) is 0 Å². The van der Waals surface area contributed by atoms with Gasteiger partial charge in [-0.2, -0.15) is 0 Å². The predicted molar refractivity (Wildman–Crippen MR) is 63.9 cm³/mol. The van der Waals surface area contributed by atoms with Crippen LogP contribution in [0.15, 0.2) is 24.3 Å². The standard InChI is InChI=1S/C13H19NO2/c1-2-7-15-11-3-5-12(6-4-11)16-13-8-10(14)9-13/h3-6,10,13H,2,7-9,14H2,1H3. The van der Waals surface area contributed by atoms with E-state index in [1.807, 2.05) is 24.3 Å². The van der Waals surface area contributed by atoms with Crippen molar-refractivity contribution in [2.45, 2.75) is 38.3 Å². The van der Waals surface area contributed by atoms with E-state index in [4.69, 9.17) is 15.2 Å². The molecule has 88 valence electrons. The van der Waals surface area contributed by atoms with Crippen LogP contribution in [0.1, 0.15) is 26.2 Å². The molecule has 1 aliphatic carbocycles. The van der Waals surface area contributed by atoms with Gasteiger partial charge in [0.2, 0.25) is 0 Å². The van der Waals surface area contributed by atoms with Crippen molar-refractivity contribution in [1.29, 1.82) is 0 Å². The van der Waals surface area contributed by atoms with Gasteiger partial charge >= 0.3 is 0 Å². The van der Waals surface area contributed by atoms with Crippen molar-refractivity contribution in [1.82, 2.24) is 0 Å². The Morgan fingerprint density at radius 3 is 2.38 bits per heavy atom. The fourth-order valence-corrected chi connectivity index (χ4v) is 1.73. The maximum atomic E-state index is 5.74. The van der Waals surface area contributed by atoms with Crippen LogP contribution in [-0.4, -0.2) is 18.8 Å². The van der Waals surface area contributed by atoms with Crippen LogP contribution in [0, 0.1) is 0 Å². The van der Waals surface area contributed by atoms with Crippen LogP contribution >= 0.6 is 0 Å². The van der Waals surface area contributed by atoms with E-state index in [1.165, 1.54) is 0 Å². The van der Waals surface area contributed by atoms with Gasteiger partial charge in [0.15, 0.2) is 0 Å². The van der Waals surface area contributed by atoms with Gasteiger partial charge < -0.3 is 15.2 Å². The summed E-state index contributed by atoms with van der Waals surface area (Å²) >= 11 is 0. The lowest BCUT2D eigenvalue weighted by Gasteiger charge is -2.32. The lowest BCUT2D eigenvalue weighted by Crippen LogP contribution is -2.43. The number of ether oxygens (including phenoxy) is 2. The van der Waals surface area contributed by atoms with Crippen molar-refractivity contribution < 1.29 is 9.47 Å². The van der Waals surface area contributed by atoms with Gasteiger partial charge in [-0.15, -0.1) is 0 Å². The molecule has 0 aromatic heterocycles. The molecule has 0 aliphatic heterocycles. The fourth-order valence-electron chi connectivity index (χ4n) is 1.73. The summed E-state index contributed by atoms with van der Waals surface area (Å²) in [6, 6.07) is 8.13. The van der Waals surface area contributed by atoms with Gasteiger partial charge in [0.25, 0.3) is 0 Å². The quantitative estimate of drug-likeness (QED) is 0.830. The zero-order chi connectivity index (χ0) is 11.4. The van der Waals surface area contributed by atoms with Crippen molar-refractivity contribution in [3.63, 3.8) is 0 Å². The van der Waals surface area contributed by atoms with Crippen LogP contribution < -0.4 is 15.2 Å². The normalized spacial score (nSPS) is 23.6. The molecule has 1 aliphatic rings. The van der Waals surface area contributed by atoms with Gasteiger partial charge in [-0.1, -0.05) is 6.92 Å². The van der Waals surface area contributed by atoms with E-state index in [0.717, 1.165) is 37.4 Å². The average Bonchev–Trinajstić information content (AvgIpc) is 2.26. The monoisotopic (exact) mass is 221 g/mol. The first-order valence-electron chi connectivity index (χ1n) is 5.93. The molecule has 0 saturated heterocycles. The topological polar surface area (TPSA) is 44.5 Å². The minimum absolute atomic E-state index is 0.303. The van der Waals surface area contributed by atoms with Crippen molar-refractivity contribution >= 4 is 0 Å². The zero-order valence-corrected chi connectivity index (χ0v) is 9.69. The van der Waals surface area contributed by atoms with E-state index in [0.29, 0.717) is 12.1 Å². The summed E-state index contributed by atoms with van der Waals surface area (Å²) in [5.74, 6) is 1.81. The van der Waals surface area contributed by atoms with Crippen LogP contribution in [0.4, 0.5) is 0 Å². The number of hydrogen-bond donors (Lipinski definition) is 1. The molecule has 1 fully saturated rings. The Bertz CT molecular complexity index is 317. The molecule has 0 spiro atoms. The lowest BCUT2D eigenvalue weighted by molar-refractivity contribution is 0.101. The minimum Gasteiger partial charge on any atom is -0.494 e. The van der Waals surface area contributed by atoms with Crippen LogP contribution in [0.2, 0.25) is 0 Å². The Morgan fingerprint density at radius 1 is 1.19 bits per heavy atom. The van der Waals surface area contributed by atoms with E-state index in [-0.39, 0.29) is 0 Å². The summed E-state index contributed by atoms with van der Waals surface area (Å²) in [6.07, 6.45) is 3.26. The molecule has 0 unspecified atom stereocenters. The van der Waals surface area contributed by atoms with Crippen LogP contribution in [-0.2, 0) is 0 Å². The van der Waals surface area contributed by atoms with Crippen LogP contribution in [0.25, 0.3) is 0 Å². The number of nitrogens with two attached hydrogens (primary N) is 1. The average molecular weight is 221 g/mol. The van der Waals surface area contributed by atoms with E-state index in [1.54, 1.807) is 0 Å². The highest BCUT2D eigenvalue weighted by Crippen LogP contribution is 2.25. The van der Waals surface area contributed by atoms with E-state index in [2.05, 4.69) is 6.92 Å². The second kappa shape index (κ2) is 5.21. The summed E-state index contributed by atoms with van der Waals surface area (Å²) in [5.41, 5.74) is 5.70. The van der Waals surface area contributed by atoms with Gasteiger partial charge in [0.05, 0.1) is 6.61 Å².